The molecular formula is C13H17NO3. The average molecular weight is 235 g/mol. The second-order valence-corrected chi connectivity index (χ2v) is 4.34. The van der Waals surface area contributed by atoms with E-state index in [9.17, 15) is 9.90 Å². The molecule has 1 aromatic carbocycles. The molecule has 1 atom stereocenters. The van der Waals surface area contributed by atoms with E-state index in [2.05, 4.69) is 0 Å². The maximum absolute atomic E-state index is 12.1. The molecule has 1 N–H and O–H groups in total. The first-order chi connectivity index (χ1) is 8.18. The largest absolute Gasteiger partial charge is 0.507 e. The molecule has 1 aromatic rings. The molecule has 4 nitrogen and oxygen atoms in total. The van der Waals surface area contributed by atoms with Crippen LogP contribution in [-0.4, -0.2) is 42.2 Å². The second kappa shape index (κ2) is 5.19. The smallest absolute Gasteiger partial charge is 0.257 e. The lowest BCUT2D eigenvalue weighted by molar-refractivity contribution is 0.0585. The number of hydrogen-bond donors (Lipinski definition) is 1. The molecular weight excluding hydrogens is 218 g/mol. The Bertz CT molecular complexity index is 399. The molecule has 0 radical (unpaired) electrons. The van der Waals surface area contributed by atoms with Crippen LogP contribution in [0.15, 0.2) is 24.3 Å². The first-order valence-corrected chi connectivity index (χ1v) is 5.83. The van der Waals surface area contributed by atoms with Gasteiger partial charge in [-0.2, -0.15) is 0 Å². The van der Waals surface area contributed by atoms with Crippen molar-refractivity contribution in [3.63, 3.8) is 0 Å². The van der Waals surface area contributed by atoms with Crippen LogP contribution >= 0.6 is 0 Å². The van der Waals surface area contributed by atoms with E-state index in [0.717, 1.165) is 19.4 Å². The molecule has 0 saturated carbocycles. The topological polar surface area (TPSA) is 49.8 Å². The Balaban J connectivity index is 2.01. The van der Waals surface area contributed by atoms with Crippen LogP contribution in [0.5, 0.6) is 5.75 Å². The number of benzene rings is 1. The van der Waals surface area contributed by atoms with E-state index in [-0.39, 0.29) is 17.8 Å². The zero-order valence-electron chi connectivity index (χ0n) is 9.93. The third kappa shape index (κ3) is 2.77. The number of nitrogens with zero attached hydrogens (tertiary/aromatic N) is 1. The highest BCUT2D eigenvalue weighted by Crippen LogP contribution is 2.19. The maximum Gasteiger partial charge on any atom is 0.257 e. The normalized spacial score (nSPS) is 19.2. The Kier molecular flexibility index (Phi) is 3.64. The minimum atomic E-state index is -0.168. The van der Waals surface area contributed by atoms with Crippen LogP contribution in [0.1, 0.15) is 23.2 Å². The third-order valence-corrected chi connectivity index (χ3v) is 2.98. The number of phenols is 1. The molecule has 1 aliphatic heterocycles. The number of amides is 1. The van der Waals surface area contributed by atoms with Gasteiger partial charge in [0.25, 0.3) is 5.91 Å². The van der Waals surface area contributed by atoms with Crippen molar-refractivity contribution in [3.05, 3.63) is 29.8 Å². The van der Waals surface area contributed by atoms with E-state index >= 15 is 0 Å². The quantitative estimate of drug-likeness (QED) is 0.866. The zero-order chi connectivity index (χ0) is 12.3. The first kappa shape index (κ1) is 11.9. The Labute approximate surface area is 101 Å². The fraction of sp³-hybridized carbons (Fsp3) is 0.462. The van der Waals surface area contributed by atoms with E-state index in [1.54, 1.807) is 30.1 Å². The van der Waals surface area contributed by atoms with Crippen LogP contribution in [-0.2, 0) is 4.74 Å². The number of phenolic OH excluding ortho intramolecular Hbond substituents is 1. The number of aromatic hydroxyl groups is 1. The zero-order valence-corrected chi connectivity index (χ0v) is 9.93. The summed E-state index contributed by atoms with van der Waals surface area (Å²) in [4.78, 5) is 13.7. The summed E-state index contributed by atoms with van der Waals surface area (Å²) in [7, 11) is 1.73. The van der Waals surface area contributed by atoms with E-state index in [1.165, 1.54) is 6.07 Å². The molecule has 0 bridgehead atoms. The summed E-state index contributed by atoms with van der Waals surface area (Å²) in [5, 5.41) is 9.61. The van der Waals surface area contributed by atoms with Crippen LogP contribution in [0.2, 0.25) is 0 Å². The third-order valence-electron chi connectivity index (χ3n) is 2.98. The Hall–Kier alpha value is -1.55. The lowest BCUT2D eigenvalue weighted by Crippen LogP contribution is -2.34. The van der Waals surface area contributed by atoms with Crippen molar-refractivity contribution in [2.75, 3.05) is 20.2 Å². The summed E-state index contributed by atoms with van der Waals surface area (Å²) >= 11 is 0. The van der Waals surface area contributed by atoms with Crippen LogP contribution in [0.3, 0.4) is 0 Å². The standard InChI is InChI=1S/C13H17NO3/c1-14(9-10-5-4-8-17-10)13(16)11-6-2-3-7-12(11)15/h2-3,6-7,10,15H,4-5,8-9H2,1H3. The van der Waals surface area contributed by atoms with Crippen molar-refractivity contribution < 1.29 is 14.6 Å². The number of para-hydroxylation sites is 1. The molecule has 1 heterocycles. The Morgan fingerprint density at radius 3 is 2.94 bits per heavy atom. The van der Waals surface area contributed by atoms with Crippen molar-refractivity contribution in [3.8, 4) is 5.75 Å². The molecule has 92 valence electrons. The molecule has 1 unspecified atom stereocenters. The summed E-state index contributed by atoms with van der Waals surface area (Å²) in [5.41, 5.74) is 0.341. The highest BCUT2D eigenvalue weighted by Gasteiger charge is 2.21. The highest BCUT2D eigenvalue weighted by atomic mass is 16.5. The van der Waals surface area contributed by atoms with Gasteiger partial charge in [-0.15, -0.1) is 0 Å². The number of hydrogen-bond acceptors (Lipinski definition) is 3. The summed E-state index contributed by atoms with van der Waals surface area (Å²) in [5.74, 6) is -0.143. The van der Waals surface area contributed by atoms with Crippen LogP contribution in [0.25, 0.3) is 0 Å². The lowest BCUT2D eigenvalue weighted by atomic mass is 10.1. The van der Waals surface area contributed by atoms with Crippen molar-refractivity contribution in [1.29, 1.82) is 0 Å². The minimum absolute atomic E-state index is 0.0247. The van der Waals surface area contributed by atoms with E-state index < -0.39 is 0 Å². The fourth-order valence-corrected chi connectivity index (χ4v) is 2.04. The second-order valence-electron chi connectivity index (χ2n) is 4.34. The van der Waals surface area contributed by atoms with E-state index in [1.807, 2.05) is 0 Å². The van der Waals surface area contributed by atoms with Gasteiger partial charge in [0.05, 0.1) is 11.7 Å². The number of rotatable bonds is 3. The van der Waals surface area contributed by atoms with Gasteiger partial charge in [-0.25, -0.2) is 0 Å². The van der Waals surface area contributed by atoms with E-state index in [0.29, 0.717) is 12.1 Å². The van der Waals surface area contributed by atoms with Gasteiger partial charge in [0, 0.05) is 20.2 Å². The predicted octanol–water partition coefficient (Wildman–Crippen LogP) is 1.64. The number of carbonyl (C=O) groups is 1. The Morgan fingerprint density at radius 2 is 2.29 bits per heavy atom. The summed E-state index contributed by atoms with van der Waals surface area (Å²) < 4.78 is 5.48. The van der Waals surface area contributed by atoms with Crippen LogP contribution in [0.4, 0.5) is 0 Å². The molecule has 4 heteroatoms. The predicted molar refractivity (Wildman–Crippen MR) is 64.0 cm³/mol. The summed E-state index contributed by atoms with van der Waals surface area (Å²) in [6.07, 6.45) is 2.19. The van der Waals surface area contributed by atoms with Gasteiger partial charge < -0.3 is 14.7 Å². The molecule has 0 aromatic heterocycles. The molecule has 17 heavy (non-hydrogen) atoms. The molecule has 2 rings (SSSR count). The number of likely N-dealkylation sites (N-methyl/N-ethyl adjacent to an activating group) is 1. The van der Waals surface area contributed by atoms with Gasteiger partial charge in [0.1, 0.15) is 5.75 Å². The lowest BCUT2D eigenvalue weighted by Gasteiger charge is -2.21. The SMILES string of the molecule is CN(CC1CCCO1)C(=O)c1ccccc1O. The van der Waals surface area contributed by atoms with Gasteiger partial charge in [0.15, 0.2) is 0 Å². The maximum atomic E-state index is 12.1. The first-order valence-electron chi connectivity index (χ1n) is 5.83. The van der Waals surface area contributed by atoms with Gasteiger partial charge in [-0.3, -0.25) is 4.79 Å². The number of ether oxygens (including phenoxy) is 1. The van der Waals surface area contributed by atoms with Crippen molar-refractivity contribution in [2.24, 2.45) is 0 Å². The average Bonchev–Trinajstić information content (AvgIpc) is 2.81. The highest BCUT2D eigenvalue weighted by molar-refractivity contribution is 5.96. The van der Waals surface area contributed by atoms with Gasteiger partial charge in [-0.1, -0.05) is 12.1 Å². The fourth-order valence-electron chi connectivity index (χ4n) is 2.04. The van der Waals surface area contributed by atoms with Crippen molar-refractivity contribution >= 4 is 5.91 Å². The van der Waals surface area contributed by atoms with Crippen LogP contribution in [0, 0.1) is 0 Å². The summed E-state index contributed by atoms with van der Waals surface area (Å²) in [6, 6.07) is 6.59. The Morgan fingerprint density at radius 1 is 1.53 bits per heavy atom. The molecule has 1 amide bonds. The summed E-state index contributed by atoms with van der Waals surface area (Å²) in [6.45, 7) is 1.36. The molecule has 0 aliphatic carbocycles. The minimum Gasteiger partial charge on any atom is -0.507 e. The van der Waals surface area contributed by atoms with Crippen molar-refractivity contribution in [1.82, 2.24) is 4.90 Å². The molecule has 0 spiro atoms. The molecule has 1 fully saturated rings. The van der Waals surface area contributed by atoms with Gasteiger partial charge in [-0.05, 0) is 25.0 Å². The van der Waals surface area contributed by atoms with E-state index in [4.69, 9.17) is 4.74 Å². The van der Waals surface area contributed by atoms with Crippen LogP contribution < -0.4 is 0 Å². The number of carbonyl (C=O) groups excluding carboxylic acids is 1. The molecule has 1 aliphatic rings. The molecule has 1 saturated heterocycles. The monoisotopic (exact) mass is 235 g/mol. The van der Waals surface area contributed by atoms with Crippen molar-refractivity contribution in [2.45, 2.75) is 18.9 Å². The van der Waals surface area contributed by atoms with Gasteiger partial charge in [0.2, 0.25) is 0 Å². The van der Waals surface area contributed by atoms with Gasteiger partial charge >= 0.3 is 0 Å².